The van der Waals surface area contributed by atoms with Crippen LogP contribution in [0.4, 0.5) is 5.69 Å². The molecule has 2 aromatic rings. The van der Waals surface area contributed by atoms with Gasteiger partial charge in [0.05, 0.1) is 0 Å². The van der Waals surface area contributed by atoms with Crippen molar-refractivity contribution in [1.82, 2.24) is 4.90 Å². The third-order valence-electron chi connectivity index (χ3n) is 3.64. The second-order valence-corrected chi connectivity index (χ2v) is 5.16. The zero-order valence-electron chi connectivity index (χ0n) is 10.8. The highest BCUT2D eigenvalue weighted by Gasteiger charge is 2.16. The molecule has 3 N–H and O–H groups in total. The summed E-state index contributed by atoms with van der Waals surface area (Å²) < 4.78 is 0. The molecule has 0 atom stereocenters. The summed E-state index contributed by atoms with van der Waals surface area (Å²) in [5, 5.41) is 9.50. The van der Waals surface area contributed by atoms with E-state index in [1.54, 1.807) is 6.07 Å². The number of phenolic OH excluding ortho intramolecular Hbond substituents is 1. The molecule has 0 spiro atoms. The topological polar surface area (TPSA) is 49.5 Å². The van der Waals surface area contributed by atoms with Crippen LogP contribution in [0.25, 0.3) is 0 Å². The lowest BCUT2D eigenvalue weighted by molar-refractivity contribution is 0.245. The summed E-state index contributed by atoms with van der Waals surface area (Å²) in [6, 6.07) is 13.7. The van der Waals surface area contributed by atoms with Crippen LogP contribution in [0.1, 0.15) is 16.7 Å². The minimum atomic E-state index is 0.336. The van der Waals surface area contributed by atoms with Gasteiger partial charge in [0.1, 0.15) is 5.75 Å². The minimum absolute atomic E-state index is 0.336. The van der Waals surface area contributed by atoms with E-state index in [0.717, 1.165) is 37.3 Å². The molecule has 0 saturated carbocycles. The normalized spacial score (nSPS) is 15.2. The van der Waals surface area contributed by atoms with E-state index >= 15 is 0 Å². The fourth-order valence-electron chi connectivity index (χ4n) is 2.68. The Bertz CT molecular complexity index is 595. The Labute approximate surface area is 113 Å². The highest BCUT2D eigenvalue weighted by Crippen LogP contribution is 2.23. The Hall–Kier alpha value is -2.00. The molecule has 0 unspecified atom stereocenters. The van der Waals surface area contributed by atoms with Crippen molar-refractivity contribution in [2.75, 3.05) is 12.3 Å². The lowest BCUT2D eigenvalue weighted by Gasteiger charge is -2.29. The molecule has 0 aliphatic carbocycles. The van der Waals surface area contributed by atoms with Gasteiger partial charge in [-0.15, -0.1) is 0 Å². The van der Waals surface area contributed by atoms with Gasteiger partial charge in [0.15, 0.2) is 0 Å². The number of rotatable bonds is 2. The van der Waals surface area contributed by atoms with Gasteiger partial charge in [0, 0.05) is 25.3 Å². The number of fused-ring (bicyclic) bond motifs is 1. The monoisotopic (exact) mass is 254 g/mol. The van der Waals surface area contributed by atoms with Crippen LogP contribution in [0.15, 0.2) is 42.5 Å². The molecule has 3 rings (SSSR count). The zero-order valence-corrected chi connectivity index (χ0v) is 10.8. The van der Waals surface area contributed by atoms with E-state index in [-0.39, 0.29) is 0 Å². The van der Waals surface area contributed by atoms with Crippen molar-refractivity contribution in [3.05, 3.63) is 59.2 Å². The van der Waals surface area contributed by atoms with Gasteiger partial charge >= 0.3 is 0 Å². The van der Waals surface area contributed by atoms with E-state index in [0.29, 0.717) is 5.75 Å². The van der Waals surface area contributed by atoms with E-state index in [4.69, 9.17) is 5.73 Å². The highest BCUT2D eigenvalue weighted by molar-refractivity contribution is 5.45. The Morgan fingerprint density at radius 1 is 1.11 bits per heavy atom. The fourth-order valence-corrected chi connectivity index (χ4v) is 2.68. The van der Waals surface area contributed by atoms with Crippen molar-refractivity contribution in [3.8, 4) is 5.75 Å². The maximum absolute atomic E-state index is 9.50. The molecule has 0 amide bonds. The first-order chi connectivity index (χ1) is 9.20. The fraction of sp³-hybridized carbons (Fsp3) is 0.250. The first-order valence-corrected chi connectivity index (χ1v) is 6.58. The Kier molecular flexibility index (Phi) is 3.13. The number of nitrogen functional groups attached to an aromatic ring is 1. The van der Waals surface area contributed by atoms with Crippen LogP contribution in [0.3, 0.4) is 0 Å². The summed E-state index contributed by atoms with van der Waals surface area (Å²) >= 11 is 0. The summed E-state index contributed by atoms with van der Waals surface area (Å²) in [5.74, 6) is 0.336. The lowest BCUT2D eigenvalue weighted by atomic mass is 9.98. The SMILES string of the molecule is Nc1ccc2c(c1)CCN(Cc1cccc(O)c1)C2. The predicted octanol–water partition coefficient (Wildman–Crippen LogP) is 2.53. The first-order valence-electron chi connectivity index (χ1n) is 6.58. The van der Waals surface area contributed by atoms with E-state index in [2.05, 4.69) is 23.1 Å². The molecule has 0 fully saturated rings. The van der Waals surface area contributed by atoms with Crippen LogP contribution >= 0.6 is 0 Å². The molecule has 0 aromatic heterocycles. The first kappa shape index (κ1) is 12.1. The highest BCUT2D eigenvalue weighted by atomic mass is 16.3. The second kappa shape index (κ2) is 4.94. The molecule has 0 bridgehead atoms. The maximum atomic E-state index is 9.50. The third kappa shape index (κ3) is 2.71. The summed E-state index contributed by atoms with van der Waals surface area (Å²) in [7, 11) is 0. The van der Waals surface area contributed by atoms with Crippen LogP contribution in [0, 0.1) is 0 Å². The van der Waals surface area contributed by atoms with Crippen LogP contribution in [-0.4, -0.2) is 16.6 Å². The molecule has 0 radical (unpaired) electrons. The van der Waals surface area contributed by atoms with Crippen molar-refractivity contribution in [2.45, 2.75) is 19.5 Å². The zero-order chi connectivity index (χ0) is 13.2. The van der Waals surface area contributed by atoms with E-state index in [1.165, 1.54) is 11.1 Å². The molecular weight excluding hydrogens is 236 g/mol. The number of anilines is 1. The smallest absolute Gasteiger partial charge is 0.115 e. The lowest BCUT2D eigenvalue weighted by Crippen LogP contribution is -2.30. The minimum Gasteiger partial charge on any atom is -0.508 e. The van der Waals surface area contributed by atoms with Crippen LogP contribution in [0.2, 0.25) is 0 Å². The Morgan fingerprint density at radius 2 is 2.00 bits per heavy atom. The molecule has 3 heteroatoms. The third-order valence-corrected chi connectivity index (χ3v) is 3.64. The standard InChI is InChI=1S/C16H18N2O/c17-15-5-4-14-11-18(7-6-13(14)9-15)10-12-2-1-3-16(19)8-12/h1-5,8-9,19H,6-7,10-11,17H2. The molecule has 1 heterocycles. The van der Waals surface area contributed by atoms with Gasteiger partial charge in [0.2, 0.25) is 0 Å². The summed E-state index contributed by atoms with van der Waals surface area (Å²) in [6.45, 7) is 2.86. The van der Waals surface area contributed by atoms with Crippen molar-refractivity contribution >= 4 is 5.69 Å². The largest absolute Gasteiger partial charge is 0.508 e. The average molecular weight is 254 g/mol. The summed E-state index contributed by atoms with van der Waals surface area (Å²) in [4.78, 5) is 2.40. The van der Waals surface area contributed by atoms with E-state index in [9.17, 15) is 5.11 Å². The number of aromatic hydroxyl groups is 1. The number of benzene rings is 2. The van der Waals surface area contributed by atoms with Gasteiger partial charge in [-0.25, -0.2) is 0 Å². The van der Waals surface area contributed by atoms with Crippen LogP contribution in [0.5, 0.6) is 5.75 Å². The Balaban J connectivity index is 1.74. The summed E-state index contributed by atoms with van der Waals surface area (Å²) in [6.07, 6.45) is 1.04. The molecule has 2 aromatic carbocycles. The van der Waals surface area contributed by atoms with Gasteiger partial charge in [-0.05, 0) is 47.4 Å². The predicted molar refractivity (Wildman–Crippen MR) is 76.8 cm³/mol. The van der Waals surface area contributed by atoms with E-state index in [1.807, 2.05) is 18.2 Å². The number of nitrogens with zero attached hydrogens (tertiary/aromatic N) is 1. The second-order valence-electron chi connectivity index (χ2n) is 5.16. The van der Waals surface area contributed by atoms with Gasteiger partial charge in [-0.2, -0.15) is 0 Å². The molecular formula is C16H18N2O. The molecule has 0 saturated heterocycles. The average Bonchev–Trinajstić information content (AvgIpc) is 2.39. The molecule has 1 aliphatic rings. The molecule has 3 nitrogen and oxygen atoms in total. The summed E-state index contributed by atoms with van der Waals surface area (Å²) in [5.41, 5.74) is 10.5. The van der Waals surface area contributed by atoms with Crippen LogP contribution in [-0.2, 0) is 19.5 Å². The number of nitrogens with two attached hydrogens (primary N) is 1. The van der Waals surface area contributed by atoms with E-state index < -0.39 is 0 Å². The number of phenols is 1. The van der Waals surface area contributed by atoms with Crippen LogP contribution < -0.4 is 5.73 Å². The number of hydrogen-bond acceptors (Lipinski definition) is 3. The molecule has 19 heavy (non-hydrogen) atoms. The van der Waals surface area contributed by atoms with Gasteiger partial charge in [0.25, 0.3) is 0 Å². The maximum Gasteiger partial charge on any atom is 0.115 e. The molecule has 1 aliphatic heterocycles. The quantitative estimate of drug-likeness (QED) is 0.810. The van der Waals surface area contributed by atoms with Crippen molar-refractivity contribution in [1.29, 1.82) is 0 Å². The van der Waals surface area contributed by atoms with Gasteiger partial charge in [-0.3, -0.25) is 4.90 Å². The van der Waals surface area contributed by atoms with Gasteiger partial charge in [-0.1, -0.05) is 18.2 Å². The van der Waals surface area contributed by atoms with Gasteiger partial charge < -0.3 is 10.8 Å². The van der Waals surface area contributed by atoms with Crippen molar-refractivity contribution in [2.24, 2.45) is 0 Å². The number of hydrogen-bond donors (Lipinski definition) is 2. The van der Waals surface area contributed by atoms with Crippen molar-refractivity contribution < 1.29 is 5.11 Å². The molecule has 98 valence electrons. The Morgan fingerprint density at radius 3 is 2.84 bits per heavy atom. The van der Waals surface area contributed by atoms with Crippen molar-refractivity contribution in [3.63, 3.8) is 0 Å².